The molecular weight excluding hydrogens is 302 g/mol. The van der Waals surface area contributed by atoms with Crippen LogP contribution < -0.4 is 4.90 Å². The van der Waals surface area contributed by atoms with Crippen LogP contribution in [-0.4, -0.2) is 46.3 Å². The van der Waals surface area contributed by atoms with E-state index in [0.717, 1.165) is 37.1 Å². The van der Waals surface area contributed by atoms with Gasteiger partial charge in [-0.3, -0.25) is 4.90 Å². The van der Waals surface area contributed by atoms with Crippen molar-refractivity contribution in [3.05, 3.63) is 36.2 Å². The van der Waals surface area contributed by atoms with Crippen LogP contribution in [0.3, 0.4) is 0 Å². The number of likely N-dealkylation sites (N-methyl/N-ethyl adjacent to an activating group) is 1. The number of nitrogens with zero attached hydrogens (tertiary/aromatic N) is 5. The highest BCUT2D eigenvalue weighted by molar-refractivity contribution is 5.39. The Morgan fingerprint density at radius 1 is 1.38 bits per heavy atom. The number of anilines is 1. The normalized spacial score (nSPS) is 18.5. The minimum atomic E-state index is -0.00193. The van der Waals surface area contributed by atoms with E-state index in [4.69, 9.17) is 4.42 Å². The molecule has 0 radical (unpaired) electrons. The average Bonchev–Trinajstić information content (AvgIpc) is 3.17. The van der Waals surface area contributed by atoms with E-state index in [1.54, 1.807) is 6.20 Å². The van der Waals surface area contributed by atoms with Crippen LogP contribution in [-0.2, 0) is 12.0 Å². The molecule has 1 fully saturated rings. The summed E-state index contributed by atoms with van der Waals surface area (Å²) in [6.45, 7) is 9.14. The highest BCUT2D eigenvalue weighted by atomic mass is 16.4. The molecule has 3 heterocycles. The summed E-state index contributed by atoms with van der Waals surface area (Å²) in [6, 6.07) is 4.45. The third-order valence-corrected chi connectivity index (χ3v) is 4.45. The minimum absolute atomic E-state index is 0.00193. The highest BCUT2D eigenvalue weighted by Gasteiger charge is 2.27. The van der Waals surface area contributed by atoms with Crippen LogP contribution in [0.15, 0.2) is 28.9 Å². The molecule has 2 aromatic rings. The van der Waals surface area contributed by atoms with Crippen molar-refractivity contribution in [2.45, 2.75) is 51.6 Å². The molecule has 2 aromatic heterocycles. The molecule has 0 spiro atoms. The fourth-order valence-corrected chi connectivity index (χ4v) is 3.16. The molecule has 0 aliphatic carbocycles. The Labute approximate surface area is 143 Å². The van der Waals surface area contributed by atoms with Gasteiger partial charge in [-0.25, -0.2) is 4.98 Å². The van der Waals surface area contributed by atoms with Gasteiger partial charge >= 0.3 is 0 Å². The number of rotatable bonds is 5. The van der Waals surface area contributed by atoms with Gasteiger partial charge in [-0.05, 0) is 32.0 Å². The third-order valence-electron chi connectivity index (χ3n) is 4.45. The summed E-state index contributed by atoms with van der Waals surface area (Å²) in [6.07, 6.45) is 5.95. The Morgan fingerprint density at radius 2 is 2.21 bits per heavy atom. The van der Waals surface area contributed by atoms with E-state index in [-0.39, 0.29) is 5.41 Å². The van der Waals surface area contributed by atoms with Gasteiger partial charge in [-0.1, -0.05) is 20.8 Å². The van der Waals surface area contributed by atoms with E-state index < -0.39 is 0 Å². The maximum absolute atomic E-state index is 5.91. The first-order valence-corrected chi connectivity index (χ1v) is 8.61. The largest absolute Gasteiger partial charge is 0.444 e. The zero-order valence-corrected chi connectivity index (χ0v) is 15.1. The Morgan fingerprint density at radius 3 is 2.88 bits per heavy atom. The molecule has 0 saturated carbocycles. The molecule has 0 amide bonds. The summed E-state index contributed by atoms with van der Waals surface area (Å²) in [5, 5.41) is 8.27. The maximum atomic E-state index is 5.91. The van der Waals surface area contributed by atoms with Crippen molar-refractivity contribution in [1.29, 1.82) is 0 Å². The number of hydrogen-bond donors (Lipinski definition) is 0. The van der Waals surface area contributed by atoms with Crippen molar-refractivity contribution in [1.82, 2.24) is 20.1 Å². The van der Waals surface area contributed by atoms with Gasteiger partial charge in [-0.2, -0.15) is 5.10 Å². The Hall–Kier alpha value is -1.95. The van der Waals surface area contributed by atoms with Gasteiger partial charge in [0.25, 0.3) is 0 Å². The SMILES string of the molecule is CN(Cc1ncc(C(C)(C)C)o1)C[C@H]1CCCN1c1cccnn1. The van der Waals surface area contributed by atoms with Crippen LogP contribution in [0, 0.1) is 0 Å². The molecule has 0 bridgehead atoms. The van der Waals surface area contributed by atoms with Gasteiger partial charge in [0.15, 0.2) is 5.82 Å². The van der Waals surface area contributed by atoms with Crippen molar-refractivity contribution >= 4 is 5.82 Å². The molecular formula is C18H27N5O. The molecule has 1 aliphatic rings. The molecule has 6 heteroatoms. The Kier molecular flexibility index (Phi) is 4.85. The second-order valence-corrected chi connectivity index (χ2v) is 7.64. The van der Waals surface area contributed by atoms with E-state index in [2.05, 4.69) is 52.8 Å². The lowest BCUT2D eigenvalue weighted by molar-refractivity contribution is 0.261. The summed E-state index contributed by atoms with van der Waals surface area (Å²) in [7, 11) is 2.12. The Balaban J connectivity index is 1.60. The van der Waals surface area contributed by atoms with E-state index in [0.29, 0.717) is 6.04 Å². The fourth-order valence-electron chi connectivity index (χ4n) is 3.16. The van der Waals surface area contributed by atoms with Crippen LogP contribution in [0.4, 0.5) is 5.82 Å². The first-order valence-electron chi connectivity index (χ1n) is 8.61. The molecule has 1 atom stereocenters. The third kappa shape index (κ3) is 3.93. The summed E-state index contributed by atoms with van der Waals surface area (Å²) in [4.78, 5) is 9.07. The van der Waals surface area contributed by atoms with Gasteiger partial charge in [0.05, 0.1) is 12.7 Å². The van der Waals surface area contributed by atoms with Crippen LogP contribution in [0.25, 0.3) is 0 Å². The topological polar surface area (TPSA) is 58.3 Å². The zero-order valence-electron chi connectivity index (χ0n) is 15.1. The second kappa shape index (κ2) is 6.89. The zero-order chi connectivity index (χ0) is 17.2. The summed E-state index contributed by atoms with van der Waals surface area (Å²) < 4.78 is 5.91. The molecule has 6 nitrogen and oxygen atoms in total. The minimum Gasteiger partial charge on any atom is -0.444 e. The highest BCUT2D eigenvalue weighted by Crippen LogP contribution is 2.25. The van der Waals surface area contributed by atoms with Crippen LogP contribution in [0.2, 0.25) is 0 Å². The van der Waals surface area contributed by atoms with Gasteiger partial charge in [-0.15, -0.1) is 5.10 Å². The lowest BCUT2D eigenvalue weighted by Crippen LogP contribution is -2.39. The van der Waals surface area contributed by atoms with Crippen molar-refractivity contribution < 1.29 is 4.42 Å². The van der Waals surface area contributed by atoms with Gasteiger partial charge in [0, 0.05) is 30.7 Å². The van der Waals surface area contributed by atoms with Crippen molar-refractivity contribution in [2.24, 2.45) is 0 Å². The Bertz CT molecular complexity index is 649. The van der Waals surface area contributed by atoms with Gasteiger partial charge in [0.2, 0.25) is 5.89 Å². The molecule has 24 heavy (non-hydrogen) atoms. The predicted molar refractivity (Wildman–Crippen MR) is 93.9 cm³/mol. The summed E-state index contributed by atoms with van der Waals surface area (Å²) in [5.41, 5.74) is -0.00193. The quantitative estimate of drug-likeness (QED) is 0.841. The lowest BCUT2D eigenvalue weighted by Gasteiger charge is -2.28. The van der Waals surface area contributed by atoms with Crippen LogP contribution >= 0.6 is 0 Å². The van der Waals surface area contributed by atoms with Crippen molar-refractivity contribution in [3.63, 3.8) is 0 Å². The molecule has 0 N–H and O–H groups in total. The molecule has 3 rings (SSSR count). The first kappa shape index (κ1) is 16.9. The fraction of sp³-hybridized carbons (Fsp3) is 0.611. The molecule has 0 unspecified atom stereocenters. The average molecular weight is 329 g/mol. The van der Waals surface area contributed by atoms with Gasteiger partial charge < -0.3 is 9.32 Å². The van der Waals surface area contributed by atoms with Gasteiger partial charge in [0.1, 0.15) is 5.76 Å². The van der Waals surface area contributed by atoms with E-state index in [1.807, 2.05) is 18.3 Å². The van der Waals surface area contributed by atoms with E-state index in [9.17, 15) is 0 Å². The summed E-state index contributed by atoms with van der Waals surface area (Å²) in [5.74, 6) is 2.69. The maximum Gasteiger partial charge on any atom is 0.208 e. The smallest absolute Gasteiger partial charge is 0.208 e. The molecule has 1 saturated heterocycles. The van der Waals surface area contributed by atoms with E-state index >= 15 is 0 Å². The molecule has 1 aliphatic heterocycles. The lowest BCUT2D eigenvalue weighted by atomic mass is 9.94. The standard InChI is InChI=1S/C18H27N5O/c1-18(2,3)15-11-19-17(24-15)13-22(4)12-14-7-6-10-23(14)16-8-5-9-20-21-16/h5,8-9,11,14H,6-7,10,12-13H2,1-4H3/t14-/m1/s1. The second-order valence-electron chi connectivity index (χ2n) is 7.64. The van der Waals surface area contributed by atoms with E-state index in [1.165, 1.54) is 12.8 Å². The predicted octanol–water partition coefficient (Wildman–Crippen LogP) is 2.86. The molecule has 130 valence electrons. The van der Waals surface area contributed by atoms with Crippen molar-refractivity contribution in [2.75, 3.05) is 25.0 Å². The first-order chi connectivity index (χ1) is 11.4. The monoisotopic (exact) mass is 329 g/mol. The van der Waals surface area contributed by atoms with Crippen molar-refractivity contribution in [3.8, 4) is 0 Å². The number of oxazole rings is 1. The van der Waals surface area contributed by atoms with Crippen LogP contribution in [0.1, 0.15) is 45.3 Å². The summed E-state index contributed by atoms with van der Waals surface area (Å²) >= 11 is 0. The number of aromatic nitrogens is 3. The molecule has 0 aromatic carbocycles. The van der Waals surface area contributed by atoms with Crippen LogP contribution in [0.5, 0.6) is 0 Å². The number of hydrogen-bond acceptors (Lipinski definition) is 6.